The van der Waals surface area contributed by atoms with Gasteiger partial charge in [-0.15, -0.1) is 0 Å². The molecule has 3 aromatic rings. The molecule has 28 heavy (non-hydrogen) atoms. The van der Waals surface area contributed by atoms with Crippen LogP contribution in [0.5, 0.6) is 0 Å². The van der Waals surface area contributed by atoms with E-state index >= 15 is 0 Å². The summed E-state index contributed by atoms with van der Waals surface area (Å²) < 4.78 is 5.38. The molecule has 8 heteroatoms. The highest BCUT2D eigenvalue weighted by molar-refractivity contribution is 6.04. The monoisotopic (exact) mass is 376 g/mol. The molecule has 1 aliphatic heterocycles. The number of morpholine rings is 1. The average molecular weight is 376 g/mol. The van der Waals surface area contributed by atoms with Gasteiger partial charge in [0.15, 0.2) is 0 Å². The van der Waals surface area contributed by atoms with Gasteiger partial charge < -0.3 is 20.3 Å². The zero-order chi connectivity index (χ0) is 19.2. The second kappa shape index (κ2) is 8.45. The summed E-state index contributed by atoms with van der Waals surface area (Å²) in [4.78, 5) is 27.0. The first-order chi connectivity index (χ1) is 13.8. The van der Waals surface area contributed by atoms with E-state index in [1.54, 1.807) is 30.6 Å². The van der Waals surface area contributed by atoms with Gasteiger partial charge in [0.2, 0.25) is 0 Å². The molecule has 0 saturated carbocycles. The molecule has 1 amide bonds. The van der Waals surface area contributed by atoms with Gasteiger partial charge in [0, 0.05) is 42.4 Å². The van der Waals surface area contributed by atoms with Crippen LogP contribution in [0.1, 0.15) is 10.4 Å². The van der Waals surface area contributed by atoms with Crippen molar-refractivity contribution in [3.8, 4) is 0 Å². The standard InChI is InChI=1S/C20H20N6O2/c27-20(15-5-8-22-19(13-15)25-18-6-7-21-14-23-18)24-16-1-3-17(4-2-16)26-9-11-28-12-10-26/h1-8,13-14H,9-12H2,(H,24,27)(H,21,22,23,25). The molecule has 1 fully saturated rings. The van der Waals surface area contributed by atoms with Crippen molar-refractivity contribution < 1.29 is 9.53 Å². The van der Waals surface area contributed by atoms with Gasteiger partial charge >= 0.3 is 0 Å². The molecule has 0 bridgehead atoms. The first-order valence-electron chi connectivity index (χ1n) is 9.01. The summed E-state index contributed by atoms with van der Waals surface area (Å²) in [5.74, 6) is 0.944. The molecule has 1 saturated heterocycles. The summed E-state index contributed by atoms with van der Waals surface area (Å²) >= 11 is 0. The third-order valence-electron chi connectivity index (χ3n) is 4.36. The Morgan fingerprint density at radius 1 is 0.964 bits per heavy atom. The minimum absolute atomic E-state index is 0.202. The Balaban J connectivity index is 1.41. The lowest BCUT2D eigenvalue weighted by atomic mass is 10.2. The molecule has 142 valence electrons. The number of hydrogen-bond acceptors (Lipinski definition) is 7. The van der Waals surface area contributed by atoms with Gasteiger partial charge in [0.1, 0.15) is 18.0 Å². The number of nitrogens with zero attached hydrogens (tertiary/aromatic N) is 4. The lowest BCUT2D eigenvalue weighted by Gasteiger charge is -2.28. The predicted molar refractivity (Wildman–Crippen MR) is 107 cm³/mol. The number of hydrogen-bond donors (Lipinski definition) is 2. The number of carbonyl (C=O) groups is 1. The van der Waals surface area contributed by atoms with Crippen molar-refractivity contribution >= 4 is 28.9 Å². The van der Waals surface area contributed by atoms with Crippen LogP contribution in [0.15, 0.2) is 61.2 Å². The summed E-state index contributed by atoms with van der Waals surface area (Å²) in [5, 5.41) is 5.97. The Bertz CT molecular complexity index is 927. The van der Waals surface area contributed by atoms with Crippen LogP contribution in [-0.4, -0.2) is 47.2 Å². The Labute approximate surface area is 162 Å². The van der Waals surface area contributed by atoms with Gasteiger partial charge in [-0.05, 0) is 42.5 Å². The summed E-state index contributed by atoms with van der Waals surface area (Å²) in [6, 6.07) is 12.9. The quantitative estimate of drug-likeness (QED) is 0.707. The fourth-order valence-electron chi connectivity index (χ4n) is 2.92. The van der Waals surface area contributed by atoms with E-state index in [1.165, 1.54) is 6.33 Å². The number of nitrogens with one attached hydrogen (secondary N) is 2. The van der Waals surface area contributed by atoms with E-state index in [2.05, 4.69) is 30.5 Å². The molecular weight excluding hydrogens is 356 g/mol. The number of benzene rings is 1. The molecule has 2 N–H and O–H groups in total. The smallest absolute Gasteiger partial charge is 0.255 e. The topological polar surface area (TPSA) is 92.3 Å². The summed E-state index contributed by atoms with van der Waals surface area (Å²) in [6.45, 7) is 3.24. The van der Waals surface area contributed by atoms with E-state index in [4.69, 9.17) is 4.74 Å². The highest BCUT2D eigenvalue weighted by atomic mass is 16.5. The van der Waals surface area contributed by atoms with E-state index in [9.17, 15) is 4.79 Å². The number of amides is 1. The molecule has 0 aliphatic carbocycles. The number of pyridine rings is 1. The highest BCUT2D eigenvalue weighted by Crippen LogP contribution is 2.20. The molecular formula is C20H20N6O2. The largest absolute Gasteiger partial charge is 0.378 e. The molecule has 0 unspecified atom stereocenters. The second-order valence-corrected chi connectivity index (χ2v) is 6.25. The maximum atomic E-state index is 12.6. The van der Waals surface area contributed by atoms with E-state index in [0.29, 0.717) is 17.2 Å². The Hall–Kier alpha value is -3.52. The molecule has 8 nitrogen and oxygen atoms in total. The molecule has 0 radical (unpaired) electrons. The van der Waals surface area contributed by atoms with Crippen LogP contribution in [0.2, 0.25) is 0 Å². The predicted octanol–water partition coefficient (Wildman–Crippen LogP) is 2.70. The molecule has 3 heterocycles. The zero-order valence-corrected chi connectivity index (χ0v) is 15.2. The van der Waals surface area contributed by atoms with Crippen molar-refractivity contribution in [2.75, 3.05) is 41.8 Å². The molecule has 0 atom stereocenters. The fourth-order valence-corrected chi connectivity index (χ4v) is 2.92. The zero-order valence-electron chi connectivity index (χ0n) is 15.2. The van der Waals surface area contributed by atoms with E-state index in [0.717, 1.165) is 37.7 Å². The van der Waals surface area contributed by atoms with Gasteiger partial charge in [-0.25, -0.2) is 15.0 Å². The number of carbonyl (C=O) groups excluding carboxylic acids is 1. The van der Waals surface area contributed by atoms with Crippen LogP contribution >= 0.6 is 0 Å². The fraction of sp³-hybridized carbons (Fsp3) is 0.200. The maximum Gasteiger partial charge on any atom is 0.255 e. The minimum Gasteiger partial charge on any atom is -0.378 e. The third-order valence-corrected chi connectivity index (χ3v) is 4.36. The van der Waals surface area contributed by atoms with Crippen LogP contribution in [0.3, 0.4) is 0 Å². The number of rotatable bonds is 5. The maximum absolute atomic E-state index is 12.6. The molecule has 1 aromatic carbocycles. The first-order valence-corrected chi connectivity index (χ1v) is 9.01. The lowest BCUT2D eigenvalue weighted by molar-refractivity contribution is 0.102. The van der Waals surface area contributed by atoms with E-state index in [1.807, 2.05) is 24.3 Å². The van der Waals surface area contributed by atoms with Crippen molar-refractivity contribution in [1.82, 2.24) is 15.0 Å². The normalized spacial score (nSPS) is 13.8. The van der Waals surface area contributed by atoms with Gasteiger partial charge in [-0.3, -0.25) is 4.79 Å². The van der Waals surface area contributed by atoms with E-state index in [-0.39, 0.29) is 5.91 Å². The van der Waals surface area contributed by atoms with Crippen LogP contribution in [0, 0.1) is 0 Å². The third kappa shape index (κ3) is 4.41. The Morgan fingerprint density at radius 3 is 2.54 bits per heavy atom. The van der Waals surface area contributed by atoms with Crippen molar-refractivity contribution in [2.45, 2.75) is 0 Å². The van der Waals surface area contributed by atoms with Gasteiger partial charge in [0.05, 0.1) is 13.2 Å². The van der Waals surface area contributed by atoms with Crippen LogP contribution in [0.4, 0.5) is 23.0 Å². The van der Waals surface area contributed by atoms with Crippen molar-refractivity contribution in [2.24, 2.45) is 0 Å². The van der Waals surface area contributed by atoms with Crippen molar-refractivity contribution in [1.29, 1.82) is 0 Å². The molecule has 0 spiro atoms. The first kappa shape index (κ1) is 17.9. The minimum atomic E-state index is -0.202. The van der Waals surface area contributed by atoms with E-state index < -0.39 is 0 Å². The molecule has 1 aliphatic rings. The average Bonchev–Trinajstić information content (AvgIpc) is 2.76. The van der Waals surface area contributed by atoms with Crippen molar-refractivity contribution in [3.05, 3.63) is 66.7 Å². The van der Waals surface area contributed by atoms with Crippen LogP contribution in [0.25, 0.3) is 0 Å². The number of aromatic nitrogens is 3. The molecule has 4 rings (SSSR count). The number of anilines is 4. The highest BCUT2D eigenvalue weighted by Gasteiger charge is 2.12. The second-order valence-electron chi connectivity index (χ2n) is 6.25. The summed E-state index contributed by atoms with van der Waals surface area (Å²) in [6.07, 6.45) is 4.66. The van der Waals surface area contributed by atoms with Gasteiger partial charge in [-0.1, -0.05) is 0 Å². The van der Waals surface area contributed by atoms with Gasteiger partial charge in [-0.2, -0.15) is 0 Å². The molecule has 2 aromatic heterocycles. The Morgan fingerprint density at radius 2 is 1.79 bits per heavy atom. The summed E-state index contributed by atoms with van der Waals surface area (Å²) in [5.41, 5.74) is 2.37. The van der Waals surface area contributed by atoms with Crippen LogP contribution in [-0.2, 0) is 4.74 Å². The Kier molecular flexibility index (Phi) is 5.39. The van der Waals surface area contributed by atoms with Crippen molar-refractivity contribution in [3.63, 3.8) is 0 Å². The number of ether oxygens (including phenoxy) is 1. The lowest BCUT2D eigenvalue weighted by Crippen LogP contribution is -2.36. The SMILES string of the molecule is O=C(Nc1ccc(N2CCOCC2)cc1)c1ccnc(Nc2ccncn2)c1. The van der Waals surface area contributed by atoms with Crippen LogP contribution < -0.4 is 15.5 Å². The summed E-state index contributed by atoms with van der Waals surface area (Å²) in [7, 11) is 0. The van der Waals surface area contributed by atoms with Gasteiger partial charge in [0.25, 0.3) is 5.91 Å².